The van der Waals surface area contributed by atoms with E-state index < -0.39 is 0 Å². The summed E-state index contributed by atoms with van der Waals surface area (Å²) in [6.07, 6.45) is 0. The molecule has 2 aromatic rings. The monoisotopic (exact) mass is 196 g/mol. The van der Waals surface area contributed by atoms with Crippen LogP contribution in [0.1, 0.15) is 11.1 Å². The second-order valence-electron chi connectivity index (χ2n) is 3.57. The second kappa shape index (κ2) is 4.28. The van der Waals surface area contributed by atoms with Gasteiger partial charge >= 0.3 is 0 Å². The highest BCUT2D eigenvalue weighted by Crippen LogP contribution is 2.25. The molecule has 15 heavy (non-hydrogen) atoms. The molecule has 0 saturated carbocycles. The van der Waals surface area contributed by atoms with E-state index in [-0.39, 0.29) is 0 Å². The second-order valence-corrected chi connectivity index (χ2v) is 3.57. The van der Waals surface area contributed by atoms with Crippen molar-refractivity contribution in [3.8, 4) is 11.1 Å². The highest BCUT2D eigenvalue weighted by Gasteiger charge is 2.04. The molecule has 0 aromatic heterocycles. The highest BCUT2D eigenvalue weighted by molar-refractivity contribution is 5.70. The van der Waals surface area contributed by atoms with E-state index in [0.717, 1.165) is 0 Å². The minimum Gasteiger partial charge on any atom is -0.326 e. The summed E-state index contributed by atoms with van der Waals surface area (Å²) in [5.74, 6) is 0. The van der Waals surface area contributed by atoms with Gasteiger partial charge in [-0.2, -0.15) is 0 Å². The van der Waals surface area contributed by atoms with E-state index in [0.29, 0.717) is 6.54 Å². The Morgan fingerprint density at radius 3 is 2.53 bits per heavy atom. The van der Waals surface area contributed by atoms with Crippen LogP contribution in [0.15, 0.2) is 42.5 Å². The zero-order valence-corrected chi connectivity index (χ0v) is 8.83. The van der Waals surface area contributed by atoms with Gasteiger partial charge < -0.3 is 5.73 Å². The summed E-state index contributed by atoms with van der Waals surface area (Å²) in [6, 6.07) is 17.5. The summed E-state index contributed by atoms with van der Waals surface area (Å²) in [6.45, 7) is 2.65. The Balaban J connectivity index is 2.59. The fraction of sp³-hybridized carbons (Fsp3) is 0.143. The first kappa shape index (κ1) is 9.94. The van der Waals surface area contributed by atoms with Gasteiger partial charge in [0.2, 0.25) is 0 Å². The number of rotatable bonds is 2. The van der Waals surface area contributed by atoms with Crippen LogP contribution < -0.4 is 5.73 Å². The molecule has 0 amide bonds. The lowest BCUT2D eigenvalue weighted by atomic mass is 9.96. The van der Waals surface area contributed by atoms with Crippen LogP contribution in [-0.2, 0) is 6.54 Å². The first-order chi connectivity index (χ1) is 7.33. The van der Waals surface area contributed by atoms with E-state index >= 15 is 0 Å². The van der Waals surface area contributed by atoms with Gasteiger partial charge in [-0.15, -0.1) is 0 Å². The number of nitrogens with two attached hydrogens (primary N) is 1. The van der Waals surface area contributed by atoms with Crippen molar-refractivity contribution < 1.29 is 0 Å². The lowest BCUT2D eigenvalue weighted by Crippen LogP contribution is -1.99. The Hall–Kier alpha value is -1.60. The van der Waals surface area contributed by atoms with Gasteiger partial charge in [0.15, 0.2) is 0 Å². The molecule has 0 atom stereocenters. The summed E-state index contributed by atoms with van der Waals surface area (Å²) in [5.41, 5.74) is 10.5. The summed E-state index contributed by atoms with van der Waals surface area (Å²) in [4.78, 5) is 0. The van der Waals surface area contributed by atoms with E-state index in [1.54, 1.807) is 0 Å². The lowest BCUT2D eigenvalue weighted by molar-refractivity contribution is 1.07. The molecule has 1 radical (unpaired) electrons. The van der Waals surface area contributed by atoms with Gasteiger partial charge in [0.25, 0.3) is 0 Å². The van der Waals surface area contributed by atoms with E-state index in [1.165, 1.54) is 22.3 Å². The molecule has 0 aliphatic carbocycles. The maximum absolute atomic E-state index is 5.73. The fourth-order valence-corrected chi connectivity index (χ4v) is 1.77. The summed E-state index contributed by atoms with van der Waals surface area (Å²) in [7, 11) is 0. The first-order valence-corrected chi connectivity index (χ1v) is 5.08. The van der Waals surface area contributed by atoms with Crippen molar-refractivity contribution in [3.63, 3.8) is 0 Å². The number of aryl methyl sites for hydroxylation is 1. The number of hydrogen-bond donors (Lipinski definition) is 1. The largest absolute Gasteiger partial charge is 0.326 e. The average Bonchev–Trinajstić information content (AvgIpc) is 2.30. The molecular formula is C14H14N. The molecule has 1 heteroatoms. The van der Waals surface area contributed by atoms with Crippen LogP contribution in [0.5, 0.6) is 0 Å². The van der Waals surface area contributed by atoms with Crippen LogP contribution in [0, 0.1) is 13.0 Å². The maximum Gasteiger partial charge on any atom is 0.0184 e. The summed E-state index contributed by atoms with van der Waals surface area (Å²) in [5, 5.41) is 0. The molecule has 2 aromatic carbocycles. The Morgan fingerprint density at radius 2 is 1.80 bits per heavy atom. The van der Waals surface area contributed by atoms with E-state index in [1.807, 2.05) is 24.3 Å². The van der Waals surface area contributed by atoms with Crippen molar-refractivity contribution in [3.05, 3.63) is 59.7 Å². The van der Waals surface area contributed by atoms with Gasteiger partial charge in [0.1, 0.15) is 0 Å². The topological polar surface area (TPSA) is 26.0 Å². The van der Waals surface area contributed by atoms with Crippen molar-refractivity contribution in [2.45, 2.75) is 13.5 Å². The molecule has 1 nitrogen and oxygen atoms in total. The van der Waals surface area contributed by atoms with Crippen LogP contribution in [0.25, 0.3) is 11.1 Å². The molecule has 0 spiro atoms. The van der Waals surface area contributed by atoms with Gasteiger partial charge in [0, 0.05) is 6.54 Å². The van der Waals surface area contributed by atoms with Gasteiger partial charge in [-0.05, 0) is 35.2 Å². The van der Waals surface area contributed by atoms with Crippen molar-refractivity contribution in [1.82, 2.24) is 0 Å². The molecule has 0 bridgehead atoms. The molecule has 0 fully saturated rings. The Labute approximate surface area is 90.6 Å². The minimum absolute atomic E-state index is 0.574. The third-order valence-corrected chi connectivity index (χ3v) is 2.59. The van der Waals surface area contributed by atoms with Gasteiger partial charge in [-0.25, -0.2) is 0 Å². The van der Waals surface area contributed by atoms with Crippen LogP contribution >= 0.6 is 0 Å². The Kier molecular flexibility index (Phi) is 2.84. The number of benzene rings is 2. The smallest absolute Gasteiger partial charge is 0.0184 e. The highest BCUT2D eigenvalue weighted by atomic mass is 14.5. The van der Waals surface area contributed by atoms with E-state index in [4.69, 9.17) is 5.73 Å². The van der Waals surface area contributed by atoms with Crippen molar-refractivity contribution in [2.75, 3.05) is 0 Å². The molecule has 0 aliphatic heterocycles. The lowest BCUT2D eigenvalue weighted by Gasteiger charge is -2.09. The predicted octanol–water partition coefficient (Wildman–Crippen LogP) is 2.92. The predicted molar refractivity (Wildman–Crippen MR) is 63.3 cm³/mol. The van der Waals surface area contributed by atoms with Gasteiger partial charge in [-0.3, -0.25) is 0 Å². The quantitative estimate of drug-likeness (QED) is 0.785. The van der Waals surface area contributed by atoms with Crippen LogP contribution in [0.3, 0.4) is 0 Å². The molecule has 2 N–H and O–H groups in total. The zero-order valence-electron chi connectivity index (χ0n) is 8.83. The standard InChI is InChI=1S/C14H14N/c1-11-6-2-4-8-13(11)14-9-5-3-7-12(14)10-15/h2-5,7-9H,10,15H2,1H3. The van der Waals surface area contributed by atoms with E-state index in [2.05, 4.69) is 31.2 Å². The van der Waals surface area contributed by atoms with E-state index in [9.17, 15) is 0 Å². The van der Waals surface area contributed by atoms with Crippen LogP contribution in [-0.4, -0.2) is 0 Å². The van der Waals surface area contributed by atoms with Gasteiger partial charge in [0.05, 0.1) is 0 Å². The minimum atomic E-state index is 0.574. The third-order valence-electron chi connectivity index (χ3n) is 2.59. The van der Waals surface area contributed by atoms with Crippen molar-refractivity contribution in [2.24, 2.45) is 5.73 Å². The molecule has 0 heterocycles. The molecule has 75 valence electrons. The molecular weight excluding hydrogens is 182 g/mol. The normalized spacial score (nSPS) is 10.3. The first-order valence-electron chi connectivity index (χ1n) is 5.08. The third kappa shape index (κ3) is 1.92. The van der Waals surface area contributed by atoms with Crippen molar-refractivity contribution in [1.29, 1.82) is 0 Å². The summed E-state index contributed by atoms with van der Waals surface area (Å²) >= 11 is 0. The van der Waals surface area contributed by atoms with Crippen LogP contribution in [0.4, 0.5) is 0 Å². The number of hydrogen-bond acceptors (Lipinski definition) is 1. The molecule has 0 aliphatic rings. The Bertz CT molecular complexity index is 460. The van der Waals surface area contributed by atoms with Gasteiger partial charge in [-0.1, -0.05) is 42.5 Å². The zero-order chi connectivity index (χ0) is 10.7. The van der Waals surface area contributed by atoms with Crippen molar-refractivity contribution >= 4 is 0 Å². The Morgan fingerprint density at radius 1 is 1.07 bits per heavy atom. The van der Waals surface area contributed by atoms with Crippen LogP contribution in [0.2, 0.25) is 0 Å². The fourth-order valence-electron chi connectivity index (χ4n) is 1.77. The summed E-state index contributed by atoms with van der Waals surface area (Å²) < 4.78 is 0. The average molecular weight is 196 g/mol. The maximum atomic E-state index is 5.73. The molecule has 0 saturated heterocycles. The molecule has 2 rings (SSSR count). The SMILES string of the molecule is Cc1[c]cccc1-c1ccccc1CN. The molecule has 0 unspecified atom stereocenters.